The van der Waals surface area contributed by atoms with Crippen LogP contribution in [0.3, 0.4) is 0 Å². The zero-order chi connectivity index (χ0) is 17.8. The molecule has 0 aliphatic carbocycles. The zero-order valence-electron chi connectivity index (χ0n) is 14.6. The lowest BCUT2D eigenvalue weighted by Crippen LogP contribution is -1.91. The molecule has 1 N–H and O–H groups in total. The number of hydrogen-bond donors (Lipinski definition) is 1. The standard InChI is InChI=1S/C23H22BrN/c1-3-4-17-7-11-22(23(24)13-17)19-10-12-21(20(14-19)15-25)18-8-5-16(2)6-9-18/h5-15,25H,3-4H2,1-2H3. The van der Waals surface area contributed by atoms with E-state index >= 15 is 0 Å². The van der Waals surface area contributed by atoms with Crippen LogP contribution in [-0.4, -0.2) is 6.21 Å². The fraction of sp³-hybridized carbons (Fsp3) is 0.174. The number of benzene rings is 3. The van der Waals surface area contributed by atoms with Crippen molar-refractivity contribution in [2.24, 2.45) is 0 Å². The molecule has 0 aliphatic heterocycles. The van der Waals surface area contributed by atoms with Gasteiger partial charge in [0.25, 0.3) is 0 Å². The summed E-state index contributed by atoms with van der Waals surface area (Å²) < 4.78 is 1.11. The number of rotatable bonds is 5. The molecule has 2 heteroatoms. The summed E-state index contributed by atoms with van der Waals surface area (Å²) in [5.74, 6) is 0. The van der Waals surface area contributed by atoms with Gasteiger partial charge in [0, 0.05) is 16.3 Å². The SMILES string of the molecule is CCCc1ccc(-c2ccc(-c3ccc(C)cc3)c(C=N)c2)c(Br)c1. The minimum Gasteiger partial charge on any atom is -0.308 e. The van der Waals surface area contributed by atoms with Crippen LogP contribution in [0, 0.1) is 12.3 Å². The third-order valence-electron chi connectivity index (χ3n) is 4.45. The van der Waals surface area contributed by atoms with Gasteiger partial charge in [0.2, 0.25) is 0 Å². The fourth-order valence-corrected chi connectivity index (χ4v) is 3.74. The van der Waals surface area contributed by atoms with Gasteiger partial charge < -0.3 is 5.41 Å². The third kappa shape index (κ3) is 3.91. The van der Waals surface area contributed by atoms with Gasteiger partial charge in [-0.3, -0.25) is 0 Å². The summed E-state index contributed by atoms with van der Waals surface area (Å²) in [6.07, 6.45) is 3.68. The highest BCUT2D eigenvalue weighted by Crippen LogP contribution is 2.33. The van der Waals surface area contributed by atoms with Gasteiger partial charge in [-0.05, 0) is 53.3 Å². The Morgan fingerprint density at radius 1 is 0.880 bits per heavy atom. The van der Waals surface area contributed by atoms with Crippen molar-refractivity contribution in [3.63, 3.8) is 0 Å². The summed E-state index contributed by atoms with van der Waals surface area (Å²) >= 11 is 3.71. The van der Waals surface area contributed by atoms with Crippen molar-refractivity contribution in [2.45, 2.75) is 26.7 Å². The lowest BCUT2D eigenvalue weighted by Gasteiger charge is -2.12. The highest BCUT2D eigenvalue weighted by molar-refractivity contribution is 9.10. The Hall–Kier alpha value is -2.19. The summed E-state index contributed by atoms with van der Waals surface area (Å²) in [5, 5.41) is 7.84. The maximum Gasteiger partial charge on any atom is 0.0256 e. The van der Waals surface area contributed by atoms with E-state index in [2.05, 4.69) is 90.4 Å². The molecular weight excluding hydrogens is 370 g/mol. The van der Waals surface area contributed by atoms with Crippen molar-refractivity contribution < 1.29 is 0 Å². The van der Waals surface area contributed by atoms with Crippen LogP contribution >= 0.6 is 15.9 Å². The third-order valence-corrected chi connectivity index (χ3v) is 5.11. The number of aryl methyl sites for hydroxylation is 2. The summed E-state index contributed by atoms with van der Waals surface area (Å²) in [4.78, 5) is 0. The van der Waals surface area contributed by atoms with E-state index in [0.29, 0.717) is 0 Å². The second kappa shape index (κ2) is 7.79. The Balaban J connectivity index is 2.02. The smallest absolute Gasteiger partial charge is 0.0256 e. The van der Waals surface area contributed by atoms with E-state index in [1.807, 2.05) is 0 Å². The molecule has 0 heterocycles. The summed E-state index contributed by atoms with van der Waals surface area (Å²) in [7, 11) is 0. The second-order valence-corrected chi connectivity index (χ2v) is 7.23. The van der Waals surface area contributed by atoms with Gasteiger partial charge in [0.05, 0.1) is 0 Å². The Labute approximate surface area is 158 Å². The molecule has 0 unspecified atom stereocenters. The molecule has 0 amide bonds. The minimum absolute atomic E-state index is 0.936. The molecule has 1 nitrogen and oxygen atoms in total. The molecule has 0 atom stereocenters. The Morgan fingerprint density at radius 3 is 2.20 bits per heavy atom. The van der Waals surface area contributed by atoms with E-state index in [1.165, 1.54) is 22.9 Å². The van der Waals surface area contributed by atoms with Crippen molar-refractivity contribution in [3.05, 3.63) is 81.8 Å². The molecular formula is C23H22BrN. The summed E-state index contributed by atoms with van der Waals surface area (Å²) in [5.41, 5.74) is 8.06. The van der Waals surface area contributed by atoms with E-state index in [1.54, 1.807) is 0 Å². The van der Waals surface area contributed by atoms with Gasteiger partial charge in [-0.25, -0.2) is 0 Å². The lowest BCUT2D eigenvalue weighted by atomic mass is 9.94. The molecule has 3 rings (SSSR count). The van der Waals surface area contributed by atoms with E-state index < -0.39 is 0 Å². The van der Waals surface area contributed by atoms with Gasteiger partial charge >= 0.3 is 0 Å². The minimum atomic E-state index is 0.936. The van der Waals surface area contributed by atoms with E-state index in [0.717, 1.165) is 39.6 Å². The van der Waals surface area contributed by atoms with E-state index in [-0.39, 0.29) is 0 Å². The van der Waals surface area contributed by atoms with Crippen molar-refractivity contribution >= 4 is 22.1 Å². The van der Waals surface area contributed by atoms with Gasteiger partial charge in [0.15, 0.2) is 0 Å². The Bertz CT molecular complexity index is 894. The van der Waals surface area contributed by atoms with Crippen molar-refractivity contribution in [3.8, 4) is 22.3 Å². The van der Waals surface area contributed by atoms with Crippen LogP contribution in [0.25, 0.3) is 22.3 Å². The molecule has 3 aromatic carbocycles. The zero-order valence-corrected chi connectivity index (χ0v) is 16.2. The number of hydrogen-bond acceptors (Lipinski definition) is 1. The van der Waals surface area contributed by atoms with Crippen LogP contribution in [0.1, 0.15) is 30.0 Å². The average molecular weight is 392 g/mol. The first kappa shape index (κ1) is 17.6. The van der Waals surface area contributed by atoms with Crippen LogP contribution in [0.15, 0.2) is 65.1 Å². The molecule has 3 aromatic rings. The molecule has 0 aromatic heterocycles. The largest absolute Gasteiger partial charge is 0.308 e. The molecule has 0 spiro atoms. The average Bonchev–Trinajstić information content (AvgIpc) is 2.62. The monoisotopic (exact) mass is 391 g/mol. The van der Waals surface area contributed by atoms with Gasteiger partial charge in [-0.1, -0.05) is 83.4 Å². The molecule has 0 fully saturated rings. The molecule has 0 saturated heterocycles. The van der Waals surface area contributed by atoms with Crippen LogP contribution in [0.5, 0.6) is 0 Å². The maximum atomic E-state index is 7.84. The Morgan fingerprint density at radius 2 is 1.56 bits per heavy atom. The van der Waals surface area contributed by atoms with Crippen LogP contribution < -0.4 is 0 Å². The highest BCUT2D eigenvalue weighted by atomic mass is 79.9. The predicted molar refractivity (Wildman–Crippen MR) is 112 cm³/mol. The second-order valence-electron chi connectivity index (χ2n) is 6.38. The molecule has 0 saturated carbocycles. The number of halogens is 1. The lowest BCUT2D eigenvalue weighted by molar-refractivity contribution is 0.921. The van der Waals surface area contributed by atoms with Gasteiger partial charge in [-0.2, -0.15) is 0 Å². The van der Waals surface area contributed by atoms with E-state index in [4.69, 9.17) is 5.41 Å². The summed E-state index contributed by atoms with van der Waals surface area (Å²) in [6.45, 7) is 4.28. The Kier molecular flexibility index (Phi) is 5.50. The van der Waals surface area contributed by atoms with E-state index in [9.17, 15) is 0 Å². The quantitative estimate of drug-likeness (QED) is 0.450. The summed E-state index contributed by atoms with van der Waals surface area (Å²) in [6, 6.07) is 21.4. The van der Waals surface area contributed by atoms with Crippen molar-refractivity contribution in [2.75, 3.05) is 0 Å². The first-order valence-corrected chi connectivity index (χ1v) is 9.42. The van der Waals surface area contributed by atoms with Gasteiger partial charge in [-0.15, -0.1) is 0 Å². The maximum absolute atomic E-state index is 7.84. The van der Waals surface area contributed by atoms with Gasteiger partial charge in [0.1, 0.15) is 0 Å². The molecule has 0 bridgehead atoms. The van der Waals surface area contributed by atoms with Crippen LogP contribution in [-0.2, 0) is 6.42 Å². The number of nitrogens with one attached hydrogen (secondary N) is 1. The molecule has 126 valence electrons. The molecule has 0 radical (unpaired) electrons. The fourth-order valence-electron chi connectivity index (χ4n) is 3.08. The highest BCUT2D eigenvalue weighted by Gasteiger charge is 2.09. The molecule has 0 aliphatic rings. The predicted octanol–water partition coefficient (Wildman–Crippen LogP) is 7.04. The first-order chi connectivity index (χ1) is 12.1. The van der Waals surface area contributed by atoms with Crippen LogP contribution in [0.4, 0.5) is 0 Å². The topological polar surface area (TPSA) is 23.9 Å². The van der Waals surface area contributed by atoms with Crippen molar-refractivity contribution in [1.82, 2.24) is 0 Å². The van der Waals surface area contributed by atoms with Crippen LogP contribution in [0.2, 0.25) is 0 Å². The van der Waals surface area contributed by atoms with Crippen molar-refractivity contribution in [1.29, 1.82) is 5.41 Å². The molecule has 25 heavy (non-hydrogen) atoms. The normalized spacial score (nSPS) is 10.7. The first-order valence-electron chi connectivity index (χ1n) is 8.62.